The molecule has 0 N–H and O–H groups in total. The van der Waals surface area contributed by atoms with Gasteiger partial charge in [-0.3, -0.25) is 0 Å². The van der Waals surface area contributed by atoms with Crippen molar-refractivity contribution in [2.24, 2.45) is 7.05 Å². The zero-order chi connectivity index (χ0) is 15.1. The summed E-state index contributed by atoms with van der Waals surface area (Å²) in [6, 6.07) is 9.43. The van der Waals surface area contributed by atoms with Crippen LogP contribution in [0.3, 0.4) is 0 Å². The molecule has 0 aliphatic heterocycles. The fourth-order valence-corrected chi connectivity index (χ4v) is 2.33. The third-order valence-corrected chi connectivity index (χ3v) is 3.50. The van der Waals surface area contributed by atoms with Gasteiger partial charge in [-0.05, 0) is 36.8 Å². The summed E-state index contributed by atoms with van der Waals surface area (Å²) < 4.78 is 29.1. The second-order valence-corrected chi connectivity index (χ2v) is 4.89. The van der Waals surface area contributed by atoms with Crippen molar-refractivity contribution < 1.29 is 8.78 Å². The van der Waals surface area contributed by atoms with Crippen LogP contribution in [0.15, 0.2) is 30.3 Å². The van der Waals surface area contributed by atoms with Crippen molar-refractivity contribution in [3.8, 4) is 17.5 Å². The van der Waals surface area contributed by atoms with E-state index in [1.807, 2.05) is 0 Å². The van der Waals surface area contributed by atoms with Gasteiger partial charge >= 0.3 is 0 Å². The number of halogens is 2. The lowest BCUT2D eigenvalue weighted by atomic mass is 10.1. The number of fused-ring (bicyclic) bond motifs is 1. The molecule has 0 fully saturated rings. The van der Waals surface area contributed by atoms with Crippen molar-refractivity contribution in [1.29, 1.82) is 5.26 Å². The van der Waals surface area contributed by atoms with Crippen LogP contribution in [0.5, 0.6) is 0 Å². The monoisotopic (exact) mass is 283 g/mol. The number of benzene rings is 2. The van der Waals surface area contributed by atoms with Gasteiger partial charge in [0.25, 0.3) is 0 Å². The van der Waals surface area contributed by atoms with Crippen LogP contribution in [0, 0.1) is 29.9 Å². The SMILES string of the molecule is Cc1cc(-c2nc3ccc(C#N)cc3n2C)c(F)cc1F. The molecule has 0 atom stereocenters. The molecule has 2 aromatic carbocycles. The Morgan fingerprint density at radius 2 is 1.90 bits per heavy atom. The largest absolute Gasteiger partial charge is 0.327 e. The van der Waals surface area contributed by atoms with Crippen molar-refractivity contribution in [2.45, 2.75) is 6.92 Å². The number of rotatable bonds is 1. The zero-order valence-electron chi connectivity index (χ0n) is 11.5. The van der Waals surface area contributed by atoms with Crippen molar-refractivity contribution in [3.63, 3.8) is 0 Å². The van der Waals surface area contributed by atoms with Crippen LogP contribution in [0.1, 0.15) is 11.1 Å². The molecule has 0 amide bonds. The van der Waals surface area contributed by atoms with Gasteiger partial charge in [-0.25, -0.2) is 13.8 Å². The molecule has 5 heteroatoms. The predicted molar refractivity (Wildman–Crippen MR) is 75.5 cm³/mol. The summed E-state index contributed by atoms with van der Waals surface area (Å²) in [5.41, 5.74) is 2.49. The Balaban J connectivity index is 2.29. The molecule has 0 unspecified atom stereocenters. The molecule has 1 heterocycles. The molecule has 0 radical (unpaired) electrons. The highest BCUT2D eigenvalue weighted by molar-refractivity contribution is 5.82. The van der Waals surface area contributed by atoms with Crippen molar-refractivity contribution in [3.05, 3.63) is 53.1 Å². The second kappa shape index (κ2) is 4.67. The summed E-state index contributed by atoms with van der Waals surface area (Å²) in [4.78, 5) is 4.38. The molecule has 0 saturated carbocycles. The lowest BCUT2D eigenvalue weighted by molar-refractivity contribution is 0.578. The maximum atomic E-state index is 14.0. The molecule has 0 bridgehead atoms. The van der Waals surface area contributed by atoms with Gasteiger partial charge in [0.05, 0.1) is 28.2 Å². The first-order valence-corrected chi connectivity index (χ1v) is 6.34. The number of hydrogen-bond donors (Lipinski definition) is 0. The Kier molecular flexibility index (Phi) is 2.95. The minimum Gasteiger partial charge on any atom is -0.327 e. The van der Waals surface area contributed by atoms with Crippen molar-refractivity contribution in [1.82, 2.24) is 9.55 Å². The topological polar surface area (TPSA) is 41.6 Å². The second-order valence-electron chi connectivity index (χ2n) is 4.89. The lowest BCUT2D eigenvalue weighted by Crippen LogP contribution is -1.97. The van der Waals surface area contributed by atoms with Crippen LogP contribution in [0.25, 0.3) is 22.4 Å². The van der Waals surface area contributed by atoms with Crippen LogP contribution in [-0.4, -0.2) is 9.55 Å². The van der Waals surface area contributed by atoms with Gasteiger partial charge in [0.15, 0.2) is 0 Å². The predicted octanol–water partition coefficient (Wildman–Crippen LogP) is 3.70. The molecular weight excluding hydrogens is 272 g/mol. The summed E-state index contributed by atoms with van der Waals surface area (Å²) >= 11 is 0. The molecule has 3 nitrogen and oxygen atoms in total. The fourth-order valence-electron chi connectivity index (χ4n) is 2.33. The van der Waals surface area contributed by atoms with E-state index in [-0.39, 0.29) is 5.56 Å². The van der Waals surface area contributed by atoms with E-state index in [1.54, 1.807) is 36.7 Å². The van der Waals surface area contributed by atoms with Gasteiger partial charge < -0.3 is 4.57 Å². The normalized spacial score (nSPS) is 10.8. The van der Waals surface area contributed by atoms with Crippen LogP contribution in [0.4, 0.5) is 8.78 Å². The van der Waals surface area contributed by atoms with Crippen LogP contribution in [0.2, 0.25) is 0 Å². The van der Waals surface area contributed by atoms with Crippen molar-refractivity contribution in [2.75, 3.05) is 0 Å². The molecule has 3 rings (SSSR count). The van der Waals surface area contributed by atoms with Gasteiger partial charge in [0, 0.05) is 13.1 Å². The van der Waals surface area contributed by atoms with E-state index in [2.05, 4.69) is 11.1 Å². The number of imidazole rings is 1. The average Bonchev–Trinajstić information content (AvgIpc) is 2.79. The quantitative estimate of drug-likeness (QED) is 0.683. The number of nitrogens with zero attached hydrogens (tertiary/aromatic N) is 3. The summed E-state index contributed by atoms with van der Waals surface area (Å²) in [5.74, 6) is -0.834. The first-order chi connectivity index (χ1) is 10.0. The Bertz CT molecular complexity index is 904. The zero-order valence-corrected chi connectivity index (χ0v) is 11.5. The number of hydrogen-bond acceptors (Lipinski definition) is 2. The molecule has 0 aliphatic rings. The summed E-state index contributed by atoms with van der Waals surface area (Å²) in [5, 5.41) is 8.94. The number of aromatic nitrogens is 2. The molecule has 0 spiro atoms. The maximum Gasteiger partial charge on any atom is 0.143 e. The molecule has 21 heavy (non-hydrogen) atoms. The third-order valence-electron chi connectivity index (χ3n) is 3.50. The first kappa shape index (κ1) is 13.3. The highest BCUT2D eigenvalue weighted by Gasteiger charge is 2.16. The smallest absolute Gasteiger partial charge is 0.143 e. The minimum absolute atomic E-state index is 0.242. The molecule has 0 aliphatic carbocycles. The fraction of sp³-hybridized carbons (Fsp3) is 0.125. The molecule has 0 saturated heterocycles. The van der Waals surface area contributed by atoms with Gasteiger partial charge in [-0.2, -0.15) is 5.26 Å². The number of aryl methyl sites for hydroxylation is 2. The minimum atomic E-state index is -0.656. The maximum absolute atomic E-state index is 14.0. The van der Waals surface area contributed by atoms with Gasteiger partial charge in [0.1, 0.15) is 17.5 Å². The highest BCUT2D eigenvalue weighted by atomic mass is 19.1. The number of nitriles is 1. The average molecular weight is 283 g/mol. The third kappa shape index (κ3) is 2.05. The standard InChI is InChI=1S/C16H11F2N3/c1-9-5-11(13(18)7-12(9)17)16-20-14-4-3-10(8-19)6-15(14)21(16)2/h3-7H,1-2H3. The molecule has 1 aromatic heterocycles. The Labute approximate surface area is 120 Å². The van der Waals surface area contributed by atoms with Crippen LogP contribution >= 0.6 is 0 Å². The van der Waals surface area contributed by atoms with E-state index in [0.717, 1.165) is 11.6 Å². The Morgan fingerprint density at radius 1 is 1.14 bits per heavy atom. The van der Waals surface area contributed by atoms with Crippen molar-refractivity contribution >= 4 is 11.0 Å². The summed E-state index contributed by atoms with van der Waals surface area (Å²) in [7, 11) is 1.74. The van der Waals surface area contributed by atoms with Gasteiger partial charge in [-0.1, -0.05) is 0 Å². The van der Waals surface area contributed by atoms with E-state index in [4.69, 9.17) is 5.26 Å². The van der Waals surface area contributed by atoms with Crippen LogP contribution in [-0.2, 0) is 7.05 Å². The molecule has 104 valence electrons. The van der Waals surface area contributed by atoms with Gasteiger partial charge in [-0.15, -0.1) is 0 Å². The van der Waals surface area contributed by atoms with E-state index in [1.165, 1.54) is 6.07 Å². The van der Waals surface area contributed by atoms with E-state index in [0.29, 0.717) is 22.5 Å². The van der Waals surface area contributed by atoms with E-state index >= 15 is 0 Å². The Morgan fingerprint density at radius 3 is 2.62 bits per heavy atom. The van der Waals surface area contributed by atoms with Crippen LogP contribution < -0.4 is 0 Å². The summed E-state index contributed by atoms with van der Waals surface area (Å²) in [6.45, 7) is 1.58. The lowest BCUT2D eigenvalue weighted by Gasteiger charge is -2.06. The van der Waals surface area contributed by atoms with E-state index in [9.17, 15) is 8.78 Å². The van der Waals surface area contributed by atoms with Gasteiger partial charge in [0.2, 0.25) is 0 Å². The highest BCUT2D eigenvalue weighted by Crippen LogP contribution is 2.28. The first-order valence-electron chi connectivity index (χ1n) is 6.34. The van der Waals surface area contributed by atoms with E-state index < -0.39 is 11.6 Å². The Hall–Kier alpha value is -2.74. The molecular formula is C16H11F2N3. The summed E-state index contributed by atoms with van der Waals surface area (Å²) in [6.07, 6.45) is 0. The molecule has 3 aromatic rings.